The zero-order valence-electron chi connectivity index (χ0n) is 13.2. The van der Waals surface area contributed by atoms with Gasteiger partial charge < -0.3 is 4.90 Å². The summed E-state index contributed by atoms with van der Waals surface area (Å²) in [4.78, 5) is 19.3. The summed E-state index contributed by atoms with van der Waals surface area (Å²) in [6.07, 6.45) is 1.69. The summed E-state index contributed by atoms with van der Waals surface area (Å²) < 4.78 is 0. The first-order valence-corrected chi connectivity index (χ1v) is 9.07. The molecule has 1 saturated heterocycles. The monoisotopic (exact) mass is 382 g/mol. The first-order chi connectivity index (χ1) is 11.5. The van der Waals surface area contributed by atoms with Crippen molar-refractivity contribution >= 4 is 40.7 Å². The molecule has 1 aromatic carbocycles. The van der Waals surface area contributed by atoms with Gasteiger partial charge in [-0.2, -0.15) is 0 Å². The lowest BCUT2D eigenvalue weighted by Gasteiger charge is -2.30. The van der Waals surface area contributed by atoms with Gasteiger partial charge in [0.05, 0.1) is 16.1 Å². The molecule has 0 aliphatic carbocycles. The lowest BCUT2D eigenvalue weighted by atomic mass is 10.0. The Morgan fingerprint density at radius 2 is 2.00 bits per heavy atom. The zero-order chi connectivity index (χ0) is 17.3. The molecule has 126 valence electrons. The summed E-state index contributed by atoms with van der Waals surface area (Å²) in [5.74, 6) is 0.299. The maximum Gasteiger partial charge on any atom is 0.273 e. The van der Waals surface area contributed by atoms with Gasteiger partial charge in [0.25, 0.3) is 5.91 Å². The van der Waals surface area contributed by atoms with Crippen molar-refractivity contribution in [3.63, 3.8) is 0 Å². The smallest absolute Gasteiger partial charge is 0.273 e. The highest BCUT2D eigenvalue weighted by molar-refractivity contribution is 6.42. The number of carbonyl (C=O) groups is 1. The van der Waals surface area contributed by atoms with Crippen LogP contribution in [0.15, 0.2) is 36.4 Å². The average molecular weight is 384 g/mol. The van der Waals surface area contributed by atoms with E-state index < -0.39 is 0 Å². The van der Waals surface area contributed by atoms with Gasteiger partial charge in [-0.1, -0.05) is 35.3 Å². The first-order valence-electron chi connectivity index (χ1n) is 7.78. The van der Waals surface area contributed by atoms with Crippen LogP contribution in [0.25, 0.3) is 0 Å². The third kappa shape index (κ3) is 3.39. The number of amides is 1. The van der Waals surface area contributed by atoms with E-state index in [2.05, 4.69) is 4.98 Å². The lowest BCUT2D eigenvalue weighted by molar-refractivity contribution is 0.0674. The molecular weight excluding hydrogens is 367 g/mol. The summed E-state index contributed by atoms with van der Waals surface area (Å²) in [7, 11) is 0. The molecular formula is C18H17Cl3N2O. The van der Waals surface area contributed by atoms with Crippen LogP contribution in [-0.2, 0) is 0 Å². The molecule has 2 aromatic rings. The predicted molar refractivity (Wildman–Crippen MR) is 98.1 cm³/mol. The highest BCUT2D eigenvalue weighted by Crippen LogP contribution is 2.39. The van der Waals surface area contributed by atoms with Crippen molar-refractivity contribution in [2.45, 2.75) is 31.8 Å². The summed E-state index contributed by atoms with van der Waals surface area (Å²) in [6, 6.07) is 10.9. The Morgan fingerprint density at radius 1 is 1.21 bits per heavy atom. The van der Waals surface area contributed by atoms with Crippen LogP contribution in [0.3, 0.4) is 0 Å². The summed E-state index contributed by atoms with van der Waals surface area (Å²) >= 11 is 18.3. The fourth-order valence-electron chi connectivity index (χ4n) is 3.18. The number of nitrogens with zero attached hydrogens (tertiary/aromatic N) is 2. The van der Waals surface area contributed by atoms with E-state index in [1.807, 2.05) is 36.1 Å². The standard InChI is InChI=1S/C18H17Cl3N2O/c1-11-3-2-4-16(22-11)18(24)23-13(10-19)6-8-17(23)12-5-7-14(20)15(21)9-12/h2-5,7,9,13,17H,6,8,10H2,1H3. The minimum atomic E-state index is -0.0991. The van der Waals surface area contributed by atoms with E-state index in [9.17, 15) is 4.79 Å². The minimum absolute atomic E-state index is 0.0130. The average Bonchev–Trinajstić information content (AvgIpc) is 3.00. The zero-order valence-corrected chi connectivity index (χ0v) is 15.4. The van der Waals surface area contributed by atoms with Crippen molar-refractivity contribution in [3.05, 3.63) is 63.4 Å². The Bertz CT molecular complexity index is 766. The van der Waals surface area contributed by atoms with Crippen molar-refractivity contribution in [3.8, 4) is 0 Å². The van der Waals surface area contributed by atoms with Gasteiger partial charge in [-0.05, 0) is 49.6 Å². The highest BCUT2D eigenvalue weighted by Gasteiger charge is 2.38. The van der Waals surface area contributed by atoms with Gasteiger partial charge in [0.15, 0.2) is 0 Å². The molecule has 1 amide bonds. The molecule has 24 heavy (non-hydrogen) atoms. The van der Waals surface area contributed by atoms with Gasteiger partial charge in [-0.15, -0.1) is 11.6 Å². The van der Waals surface area contributed by atoms with Gasteiger partial charge in [0.2, 0.25) is 0 Å². The van der Waals surface area contributed by atoms with Crippen LogP contribution < -0.4 is 0 Å². The third-order valence-electron chi connectivity index (χ3n) is 4.35. The van der Waals surface area contributed by atoms with E-state index in [-0.39, 0.29) is 18.0 Å². The molecule has 6 heteroatoms. The van der Waals surface area contributed by atoms with Crippen LogP contribution in [0, 0.1) is 6.92 Å². The summed E-state index contributed by atoms with van der Waals surface area (Å²) in [5.41, 5.74) is 2.23. The van der Waals surface area contributed by atoms with Gasteiger partial charge >= 0.3 is 0 Å². The molecule has 2 unspecified atom stereocenters. The Labute approximate surface area is 156 Å². The van der Waals surface area contributed by atoms with E-state index in [1.165, 1.54) is 0 Å². The number of hydrogen-bond acceptors (Lipinski definition) is 2. The Morgan fingerprint density at radius 3 is 2.67 bits per heavy atom. The van der Waals surface area contributed by atoms with E-state index in [0.29, 0.717) is 21.6 Å². The number of aromatic nitrogens is 1. The van der Waals surface area contributed by atoms with E-state index in [0.717, 1.165) is 24.1 Å². The number of aryl methyl sites for hydroxylation is 1. The molecule has 1 aliphatic heterocycles. The van der Waals surface area contributed by atoms with Crippen molar-refractivity contribution in [1.29, 1.82) is 0 Å². The van der Waals surface area contributed by atoms with Crippen LogP contribution in [0.5, 0.6) is 0 Å². The van der Waals surface area contributed by atoms with Gasteiger partial charge in [0.1, 0.15) is 5.69 Å². The molecule has 0 saturated carbocycles. The fraction of sp³-hybridized carbons (Fsp3) is 0.333. The Kier molecular flexibility index (Phi) is 5.33. The van der Waals surface area contributed by atoms with Crippen molar-refractivity contribution < 1.29 is 4.79 Å². The minimum Gasteiger partial charge on any atom is -0.326 e. The second kappa shape index (κ2) is 7.30. The Hall–Kier alpha value is -1.29. The molecule has 1 aliphatic rings. The van der Waals surface area contributed by atoms with Crippen molar-refractivity contribution in [2.75, 3.05) is 5.88 Å². The normalized spacial score (nSPS) is 20.4. The van der Waals surface area contributed by atoms with Crippen LogP contribution in [0.1, 0.15) is 40.6 Å². The SMILES string of the molecule is Cc1cccc(C(=O)N2C(CCl)CCC2c2ccc(Cl)c(Cl)c2)n1. The molecule has 0 spiro atoms. The van der Waals surface area contributed by atoms with E-state index in [4.69, 9.17) is 34.8 Å². The third-order valence-corrected chi connectivity index (χ3v) is 5.45. The molecule has 2 atom stereocenters. The molecule has 0 bridgehead atoms. The first kappa shape index (κ1) is 17.5. The van der Waals surface area contributed by atoms with Crippen LogP contribution in [0.4, 0.5) is 0 Å². The maximum absolute atomic E-state index is 13.0. The second-order valence-corrected chi connectivity index (χ2v) is 7.07. The van der Waals surface area contributed by atoms with Crippen molar-refractivity contribution in [2.24, 2.45) is 0 Å². The molecule has 1 aromatic heterocycles. The van der Waals surface area contributed by atoms with E-state index in [1.54, 1.807) is 12.1 Å². The van der Waals surface area contributed by atoms with Crippen LogP contribution in [-0.4, -0.2) is 27.7 Å². The number of alkyl halides is 1. The van der Waals surface area contributed by atoms with E-state index >= 15 is 0 Å². The molecule has 3 nitrogen and oxygen atoms in total. The van der Waals surface area contributed by atoms with Crippen LogP contribution in [0.2, 0.25) is 10.0 Å². The number of rotatable bonds is 3. The van der Waals surface area contributed by atoms with Gasteiger partial charge in [-0.3, -0.25) is 4.79 Å². The number of likely N-dealkylation sites (tertiary alicyclic amines) is 1. The summed E-state index contributed by atoms with van der Waals surface area (Å²) in [6.45, 7) is 1.87. The predicted octanol–water partition coefficient (Wildman–Crippen LogP) is 5.28. The number of carbonyl (C=O) groups excluding carboxylic acids is 1. The number of hydrogen-bond donors (Lipinski definition) is 0. The molecule has 0 radical (unpaired) electrons. The van der Waals surface area contributed by atoms with Gasteiger partial charge in [-0.25, -0.2) is 4.98 Å². The second-order valence-electron chi connectivity index (χ2n) is 5.95. The number of pyridine rings is 1. The lowest BCUT2D eigenvalue weighted by Crippen LogP contribution is -2.38. The topological polar surface area (TPSA) is 33.2 Å². The largest absolute Gasteiger partial charge is 0.326 e. The highest BCUT2D eigenvalue weighted by atomic mass is 35.5. The maximum atomic E-state index is 13.0. The number of benzene rings is 1. The fourth-order valence-corrected chi connectivity index (χ4v) is 3.79. The molecule has 2 heterocycles. The van der Waals surface area contributed by atoms with Gasteiger partial charge in [0, 0.05) is 17.6 Å². The Balaban J connectivity index is 1.97. The molecule has 1 fully saturated rings. The summed E-state index contributed by atoms with van der Waals surface area (Å²) in [5, 5.41) is 0.995. The van der Waals surface area contributed by atoms with Crippen molar-refractivity contribution in [1.82, 2.24) is 9.88 Å². The quantitative estimate of drug-likeness (QED) is 0.675. The number of halogens is 3. The molecule has 0 N–H and O–H groups in total. The van der Waals surface area contributed by atoms with Crippen LogP contribution >= 0.6 is 34.8 Å². The molecule has 3 rings (SSSR count).